The van der Waals surface area contributed by atoms with Crippen LogP contribution in [0.5, 0.6) is 0 Å². The average molecular weight is 356 g/mol. The number of hydrogen-bond acceptors (Lipinski definition) is 6. The van der Waals surface area contributed by atoms with E-state index in [9.17, 15) is 14.7 Å². The van der Waals surface area contributed by atoms with Gasteiger partial charge in [-0.3, -0.25) is 14.3 Å². The van der Waals surface area contributed by atoms with Crippen molar-refractivity contribution in [3.8, 4) is 0 Å². The van der Waals surface area contributed by atoms with E-state index in [1.807, 2.05) is 0 Å². The molecule has 8 nitrogen and oxygen atoms in total. The van der Waals surface area contributed by atoms with Crippen LogP contribution in [0.3, 0.4) is 0 Å². The highest BCUT2D eigenvalue weighted by Crippen LogP contribution is 2.32. The van der Waals surface area contributed by atoms with E-state index < -0.39 is 35.8 Å². The van der Waals surface area contributed by atoms with Crippen LogP contribution < -0.4 is 11.2 Å². The summed E-state index contributed by atoms with van der Waals surface area (Å²) in [5.41, 5.74) is -1.12. The third-order valence-corrected chi connectivity index (χ3v) is 4.41. The van der Waals surface area contributed by atoms with Crippen LogP contribution in [-0.2, 0) is 9.47 Å². The maximum atomic E-state index is 12.0. The molecule has 8 heteroatoms. The third kappa shape index (κ3) is 5.24. The van der Waals surface area contributed by atoms with Gasteiger partial charge in [0.15, 0.2) is 6.23 Å². The normalized spacial score (nSPS) is 26.2. The molecule has 0 bridgehead atoms. The van der Waals surface area contributed by atoms with Crippen molar-refractivity contribution >= 4 is 0 Å². The summed E-state index contributed by atoms with van der Waals surface area (Å²) in [7, 11) is 0. The van der Waals surface area contributed by atoms with Gasteiger partial charge < -0.3 is 19.7 Å². The number of H-pyrrole nitrogens is 1. The van der Waals surface area contributed by atoms with E-state index >= 15 is 0 Å². The monoisotopic (exact) mass is 356 g/mol. The van der Waals surface area contributed by atoms with Gasteiger partial charge in [-0.1, -0.05) is 32.6 Å². The molecule has 3 N–H and O–H groups in total. The summed E-state index contributed by atoms with van der Waals surface area (Å²) in [6.07, 6.45) is 3.81. The second-order valence-electron chi connectivity index (χ2n) is 6.34. The lowest BCUT2D eigenvalue weighted by Crippen LogP contribution is -2.39. The number of hydrogen-bond donors (Lipinski definition) is 3. The van der Waals surface area contributed by atoms with Crippen molar-refractivity contribution in [2.45, 2.75) is 70.0 Å². The van der Waals surface area contributed by atoms with Crippen LogP contribution in [0.1, 0.15) is 51.7 Å². The summed E-state index contributed by atoms with van der Waals surface area (Å²) < 4.78 is 12.8. The highest BCUT2D eigenvalue weighted by Gasteiger charge is 2.45. The summed E-state index contributed by atoms with van der Waals surface area (Å²) in [5.74, 6) is 0. The van der Waals surface area contributed by atoms with Crippen molar-refractivity contribution in [2.75, 3.05) is 13.2 Å². The Morgan fingerprint density at radius 2 is 2.04 bits per heavy atom. The van der Waals surface area contributed by atoms with Crippen molar-refractivity contribution < 1.29 is 19.7 Å². The fraction of sp³-hybridized carbons (Fsp3) is 0.765. The van der Waals surface area contributed by atoms with Crippen LogP contribution in [-0.4, -0.2) is 51.3 Å². The summed E-state index contributed by atoms with van der Waals surface area (Å²) in [4.78, 5) is 25.5. The Morgan fingerprint density at radius 3 is 2.72 bits per heavy atom. The minimum atomic E-state index is -0.952. The Kier molecular flexibility index (Phi) is 7.83. The minimum absolute atomic E-state index is 0.140. The predicted molar refractivity (Wildman–Crippen MR) is 91.4 cm³/mol. The first-order valence-electron chi connectivity index (χ1n) is 8.96. The van der Waals surface area contributed by atoms with Crippen molar-refractivity contribution in [1.82, 2.24) is 9.55 Å². The molecule has 25 heavy (non-hydrogen) atoms. The highest BCUT2D eigenvalue weighted by molar-refractivity contribution is 4.94. The van der Waals surface area contributed by atoms with Gasteiger partial charge in [-0.25, -0.2) is 4.79 Å². The number of rotatable bonds is 10. The molecule has 1 aliphatic heterocycles. The minimum Gasteiger partial charge on any atom is -0.396 e. The summed E-state index contributed by atoms with van der Waals surface area (Å²) in [5, 5.41) is 19.6. The molecule has 4 atom stereocenters. The van der Waals surface area contributed by atoms with Gasteiger partial charge in [0, 0.05) is 25.5 Å². The van der Waals surface area contributed by atoms with Gasteiger partial charge >= 0.3 is 5.69 Å². The van der Waals surface area contributed by atoms with E-state index in [-0.39, 0.29) is 13.0 Å². The van der Waals surface area contributed by atoms with E-state index in [0.717, 1.165) is 25.7 Å². The predicted octanol–water partition coefficient (Wildman–Crippen LogP) is 0.533. The Bertz CT molecular complexity index is 628. The molecular formula is C17H28N2O6. The lowest BCUT2D eigenvalue weighted by atomic mass is 10.1. The summed E-state index contributed by atoms with van der Waals surface area (Å²) in [6.45, 7) is 2.46. The second kappa shape index (κ2) is 9.86. The standard InChI is InChI=1S/C17H28N2O6/c1-2-3-4-5-6-11-24-15-14(22)12(8-10-20)25-16(15)19-9-7-13(21)18-17(19)23/h7,9,12,14-16,20,22H,2-6,8,10-11H2,1H3,(H,18,21,23). The average Bonchev–Trinajstić information content (AvgIpc) is 2.88. The van der Waals surface area contributed by atoms with E-state index in [2.05, 4.69) is 11.9 Å². The van der Waals surface area contributed by atoms with Crippen molar-refractivity contribution in [2.24, 2.45) is 0 Å². The van der Waals surface area contributed by atoms with Gasteiger partial charge in [-0.05, 0) is 12.8 Å². The zero-order valence-corrected chi connectivity index (χ0v) is 14.6. The molecule has 0 radical (unpaired) electrons. The largest absolute Gasteiger partial charge is 0.396 e. The maximum Gasteiger partial charge on any atom is 0.330 e. The van der Waals surface area contributed by atoms with E-state index in [4.69, 9.17) is 14.6 Å². The number of aliphatic hydroxyl groups excluding tert-OH is 2. The van der Waals surface area contributed by atoms with Crippen molar-refractivity contribution in [3.63, 3.8) is 0 Å². The zero-order chi connectivity index (χ0) is 18.2. The zero-order valence-electron chi connectivity index (χ0n) is 14.6. The first-order valence-corrected chi connectivity index (χ1v) is 8.96. The van der Waals surface area contributed by atoms with Gasteiger partial charge in [0.25, 0.3) is 5.56 Å². The van der Waals surface area contributed by atoms with Crippen LogP contribution in [0.25, 0.3) is 0 Å². The Labute approximate surface area is 146 Å². The lowest BCUT2D eigenvalue weighted by molar-refractivity contribution is -0.0724. The SMILES string of the molecule is CCCCCCCOC1C(O)C(CCO)OC1n1ccc(=O)[nH]c1=O. The molecule has 0 spiro atoms. The molecule has 1 saturated heterocycles. The number of aromatic amines is 1. The Morgan fingerprint density at radius 1 is 1.28 bits per heavy atom. The van der Waals surface area contributed by atoms with Gasteiger partial charge in [-0.15, -0.1) is 0 Å². The number of nitrogens with zero attached hydrogens (tertiary/aromatic N) is 1. The Balaban J connectivity index is 2.05. The summed E-state index contributed by atoms with van der Waals surface area (Å²) in [6, 6.07) is 1.22. The van der Waals surface area contributed by atoms with Crippen LogP contribution >= 0.6 is 0 Å². The number of unbranched alkanes of at least 4 members (excludes halogenated alkanes) is 4. The molecule has 1 aromatic heterocycles. The Hall–Kier alpha value is -1.48. The number of aromatic nitrogens is 2. The van der Waals surface area contributed by atoms with Gasteiger partial charge in [0.1, 0.15) is 12.2 Å². The molecule has 2 heterocycles. The molecule has 1 aliphatic rings. The van der Waals surface area contributed by atoms with Crippen LogP contribution in [0, 0.1) is 0 Å². The number of ether oxygens (including phenoxy) is 2. The molecule has 4 unspecified atom stereocenters. The smallest absolute Gasteiger partial charge is 0.330 e. The number of aliphatic hydroxyl groups is 2. The maximum absolute atomic E-state index is 12.0. The van der Waals surface area contributed by atoms with E-state index in [1.165, 1.54) is 23.3 Å². The quantitative estimate of drug-likeness (QED) is 0.527. The molecule has 0 amide bonds. The van der Waals surface area contributed by atoms with Gasteiger partial charge in [0.2, 0.25) is 0 Å². The lowest BCUT2D eigenvalue weighted by Gasteiger charge is -2.22. The van der Waals surface area contributed by atoms with Crippen molar-refractivity contribution in [1.29, 1.82) is 0 Å². The fourth-order valence-electron chi connectivity index (χ4n) is 3.04. The topological polar surface area (TPSA) is 114 Å². The number of nitrogens with one attached hydrogen (secondary N) is 1. The molecule has 142 valence electrons. The third-order valence-electron chi connectivity index (χ3n) is 4.41. The highest BCUT2D eigenvalue weighted by atomic mass is 16.6. The van der Waals surface area contributed by atoms with Crippen LogP contribution in [0.4, 0.5) is 0 Å². The molecule has 1 aromatic rings. The molecule has 2 rings (SSSR count). The molecule has 0 aromatic carbocycles. The van der Waals surface area contributed by atoms with E-state index in [1.54, 1.807) is 0 Å². The van der Waals surface area contributed by atoms with Crippen molar-refractivity contribution in [3.05, 3.63) is 33.1 Å². The first kappa shape index (κ1) is 19.8. The van der Waals surface area contributed by atoms with Gasteiger partial charge in [0.05, 0.1) is 6.10 Å². The summed E-state index contributed by atoms with van der Waals surface area (Å²) >= 11 is 0. The second-order valence-corrected chi connectivity index (χ2v) is 6.34. The molecule has 1 fully saturated rings. The molecular weight excluding hydrogens is 328 g/mol. The molecule has 0 aliphatic carbocycles. The van der Waals surface area contributed by atoms with E-state index in [0.29, 0.717) is 6.61 Å². The van der Waals surface area contributed by atoms with Crippen LogP contribution in [0.2, 0.25) is 0 Å². The fourth-order valence-corrected chi connectivity index (χ4v) is 3.04. The first-order chi connectivity index (χ1) is 12.1. The van der Waals surface area contributed by atoms with Crippen LogP contribution in [0.15, 0.2) is 21.9 Å². The van der Waals surface area contributed by atoms with Gasteiger partial charge in [-0.2, -0.15) is 0 Å². The molecule has 0 saturated carbocycles.